The molecule has 1 aliphatic rings. The number of nitrogens with one attached hydrogen (secondary N) is 1. The van der Waals surface area contributed by atoms with Crippen LogP contribution in [0, 0.1) is 5.92 Å². The number of anilines is 1. The lowest BCUT2D eigenvalue weighted by Gasteiger charge is -2.31. The molecule has 19 heavy (non-hydrogen) atoms. The minimum atomic E-state index is -0.239. The normalized spacial score (nSPS) is 18.8. The molecule has 102 valence electrons. The summed E-state index contributed by atoms with van der Waals surface area (Å²) < 4.78 is 4.74. The molecular formula is C14H18N2O3. The van der Waals surface area contributed by atoms with Crippen molar-refractivity contribution in [3.05, 3.63) is 30.3 Å². The number of methoxy groups -OCH3 is 1. The van der Waals surface area contributed by atoms with Crippen LogP contribution in [0.2, 0.25) is 0 Å². The number of hydrogen-bond donors (Lipinski definition) is 1. The zero-order valence-electron chi connectivity index (χ0n) is 11.0. The van der Waals surface area contributed by atoms with Gasteiger partial charge in [0.25, 0.3) is 0 Å². The van der Waals surface area contributed by atoms with E-state index in [-0.39, 0.29) is 17.9 Å². The first kappa shape index (κ1) is 13.4. The third kappa shape index (κ3) is 3.47. The number of benzene rings is 1. The molecule has 0 bridgehead atoms. The van der Waals surface area contributed by atoms with Crippen LogP contribution in [-0.4, -0.2) is 37.1 Å². The lowest BCUT2D eigenvalue weighted by molar-refractivity contribution is -0.146. The Hall–Kier alpha value is -2.04. The minimum absolute atomic E-state index is 0.167. The standard InChI is InChI=1S/C14H18N2O3/c1-19-13(17)11-6-5-9-16(10-11)14(18)15-12-7-3-2-4-8-12/h2-4,7-8,11H,5-6,9-10H2,1H3,(H,15,18). The summed E-state index contributed by atoms with van der Waals surface area (Å²) >= 11 is 0. The number of amides is 2. The minimum Gasteiger partial charge on any atom is -0.469 e. The number of carbonyl (C=O) groups excluding carboxylic acids is 2. The molecule has 1 heterocycles. The van der Waals surface area contributed by atoms with Crippen molar-refractivity contribution in [2.45, 2.75) is 12.8 Å². The summed E-state index contributed by atoms with van der Waals surface area (Å²) in [5.74, 6) is -0.447. The molecule has 0 spiro atoms. The third-order valence-corrected chi connectivity index (χ3v) is 3.27. The van der Waals surface area contributed by atoms with Crippen molar-refractivity contribution < 1.29 is 14.3 Å². The molecular weight excluding hydrogens is 244 g/mol. The quantitative estimate of drug-likeness (QED) is 0.830. The van der Waals surface area contributed by atoms with E-state index in [0.29, 0.717) is 13.1 Å². The van der Waals surface area contributed by atoms with Gasteiger partial charge in [0, 0.05) is 18.8 Å². The van der Waals surface area contributed by atoms with Crippen LogP contribution in [-0.2, 0) is 9.53 Å². The maximum Gasteiger partial charge on any atom is 0.321 e. The van der Waals surface area contributed by atoms with Gasteiger partial charge in [0.2, 0.25) is 0 Å². The van der Waals surface area contributed by atoms with Crippen molar-refractivity contribution in [3.8, 4) is 0 Å². The predicted molar refractivity (Wildman–Crippen MR) is 71.8 cm³/mol. The molecule has 1 saturated heterocycles. The van der Waals surface area contributed by atoms with Crippen molar-refractivity contribution >= 4 is 17.7 Å². The monoisotopic (exact) mass is 262 g/mol. The summed E-state index contributed by atoms with van der Waals surface area (Å²) in [7, 11) is 1.38. The zero-order valence-corrected chi connectivity index (χ0v) is 11.0. The van der Waals surface area contributed by atoms with Gasteiger partial charge >= 0.3 is 12.0 Å². The molecule has 2 rings (SSSR count). The first-order chi connectivity index (χ1) is 9.20. The smallest absolute Gasteiger partial charge is 0.321 e. The van der Waals surface area contributed by atoms with Gasteiger partial charge in [0.05, 0.1) is 13.0 Å². The number of rotatable bonds is 2. The number of para-hydroxylation sites is 1. The molecule has 1 aromatic rings. The van der Waals surface area contributed by atoms with Gasteiger partial charge in [0.1, 0.15) is 0 Å². The van der Waals surface area contributed by atoms with E-state index in [1.54, 1.807) is 4.90 Å². The van der Waals surface area contributed by atoms with E-state index in [1.807, 2.05) is 30.3 Å². The second-order valence-electron chi connectivity index (χ2n) is 4.60. The van der Waals surface area contributed by atoms with Crippen LogP contribution >= 0.6 is 0 Å². The highest BCUT2D eigenvalue weighted by Gasteiger charge is 2.28. The lowest BCUT2D eigenvalue weighted by atomic mass is 9.98. The number of ether oxygens (including phenoxy) is 1. The highest BCUT2D eigenvalue weighted by Crippen LogP contribution is 2.18. The SMILES string of the molecule is COC(=O)C1CCCN(C(=O)Nc2ccccc2)C1. The predicted octanol–water partition coefficient (Wildman–Crippen LogP) is 2.10. The molecule has 5 nitrogen and oxygen atoms in total. The number of urea groups is 1. The summed E-state index contributed by atoms with van der Waals surface area (Å²) in [6.45, 7) is 1.09. The van der Waals surface area contributed by atoms with Gasteiger partial charge in [-0.05, 0) is 25.0 Å². The number of carbonyl (C=O) groups is 2. The third-order valence-electron chi connectivity index (χ3n) is 3.27. The Labute approximate surface area is 112 Å². The summed E-state index contributed by atoms with van der Waals surface area (Å²) in [5, 5.41) is 2.82. The van der Waals surface area contributed by atoms with Crippen LogP contribution in [0.4, 0.5) is 10.5 Å². The van der Waals surface area contributed by atoms with E-state index < -0.39 is 0 Å². The average Bonchev–Trinajstić information content (AvgIpc) is 2.47. The van der Waals surface area contributed by atoms with Crippen LogP contribution < -0.4 is 5.32 Å². The molecule has 0 aliphatic carbocycles. The van der Waals surface area contributed by atoms with Crippen LogP contribution in [0.15, 0.2) is 30.3 Å². The van der Waals surface area contributed by atoms with Gasteiger partial charge in [-0.3, -0.25) is 4.79 Å². The molecule has 0 radical (unpaired) electrons. The second-order valence-corrected chi connectivity index (χ2v) is 4.60. The number of hydrogen-bond acceptors (Lipinski definition) is 3. The molecule has 1 aliphatic heterocycles. The lowest BCUT2D eigenvalue weighted by Crippen LogP contribution is -2.44. The molecule has 0 saturated carbocycles. The van der Waals surface area contributed by atoms with Crippen LogP contribution in [0.3, 0.4) is 0 Å². The van der Waals surface area contributed by atoms with E-state index in [2.05, 4.69) is 5.32 Å². The number of nitrogens with zero attached hydrogens (tertiary/aromatic N) is 1. The maximum atomic E-state index is 12.1. The number of likely N-dealkylation sites (tertiary alicyclic amines) is 1. The van der Waals surface area contributed by atoms with Crippen LogP contribution in [0.5, 0.6) is 0 Å². The van der Waals surface area contributed by atoms with Crippen LogP contribution in [0.25, 0.3) is 0 Å². The fourth-order valence-corrected chi connectivity index (χ4v) is 2.24. The highest BCUT2D eigenvalue weighted by atomic mass is 16.5. The first-order valence-electron chi connectivity index (χ1n) is 6.39. The van der Waals surface area contributed by atoms with Gasteiger partial charge < -0.3 is 15.0 Å². The summed E-state index contributed by atoms with van der Waals surface area (Å²) in [4.78, 5) is 25.3. The van der Waals surface area contributed by atoms with Crippen molar-refractivity contribution in [1.82, 2.24) is 4.90 Å². The van der Waals surface area contributed by atoms with Gasteiger partial charge in [-0.2, -0.15) is 0 Å². The largest absolute Gasteiger partial charge is 0.469 e. The van der Waals surface area contributed by atoms with E-state index in [9.17, 15) is 9.59 Å². The van der Waals surface area contributed by atoms with E-state index in [0.717, 1.165) is 18.5 Å². The summed E-state index contributed by atoms with van der Waals surface area (Å²) in [5.41, 5.74) is 0.757. The average molecular weight is 262 g/mol. The first-order valence-corrected chi connectivity index (χ1v) is 6.39. The zero-order chi connectivity index (χ0) is 13.7. The Kier molecular flexibility index (Phi) is 4.39. The molecule has 1 aromatic carbocycles. The van der Waals surface area contributed by atoms with E-state index in [4.69, 9.17) is 4.74 Å². The van der Waals surface area contributed by atoms with Gasteiger partial charge in [-0.25, -0.2) is 4.79 Å². The Morgan fingerprint density at radius 1 is 1.32 bits per heavy atom. The van der Waals surface area contributed by atoms with Crippen molar-refractivity contribution in [1.29, 1.82) is 0 Å². The molecule has 5 heteroatoms. The van der Waals surface area contributed by atoms with E-state index >= 15 is 0 Å². The van der Waals surface area contributed by atoms with Gasteiger partial charge in [-0.15, -0.1) is 0 Å². The molecule has 1 unspecified atom stereocenters. The molecule has 1 N–H and O–H groups in total. The molecule has 2 amide bonds. The fourth-order valence-electron chi connectivity index (χ4n) is 2.24. The van der Waals surface area contributed by atoms with E-state index in [1.165, 1.54) is 7.11 Å². The second kappa shape index (κ2) is 6.22. The van der Waals surface area contributed by atoms with Gasteiger partial charge in [-0.1, -0.05) is 18.2 Å². The van der Waals surface area contributed by atoms with Crippen molar-refractivity contribution in [2.75, 3.05) is 25.5 Å². The molecule has 1 atom stereocenters. The maximum absolute atomic E-state index is 12.1. The van der Waals surface area contributed by atoms with Crippen LogP contribution in [0.1, 0.15) is 12.8 Å². The molecule has 0 aromatic heterocycles. The topological polar surface area (TPSA) is 58.6 Å². The van der Waals surface area contributed by atoms with Gasteiger partial charge in [0.15, 0.2) is 0 Å². The Bertz CT molecular complexity index is 447. The van der Waals surface area contributed by atoms with Crippen molar-refractivity contribution in [3.63, 3.8) is 0 Å². The Morgan fingerprint density at radius 2 is 2.05 bits per heavy atom. The molecule has 1 fully saturated rings. The number of piperidine rings is 1. The van der Waals surface area contributed by atoms with Crippen molar-refractivity contribution in [2.24, 2.45) is 5.92 Å². The summed E-state index contributed by atoms with van der Waals surface area (Å²) in [6.07, 6.45) is 1.60. The summed E-state index contributed by atoms with van der Waals surface area (Å²) in [6, 6.07) is 9.12. The number of esters is 1. The fraction of sp³-hybridized carbons (Fsp3) is 0.429. The highest BCUT2D eigenvalue weighted by molar-refractivity contribution is 5.89. The Balaban J connectivity index is 1.94. The Morgan fingerprint density at radius 3 is 2.74 bits per heavy atom.